The first-order chi connectivity index (χ1) is 7.64. The molecule has 4 N–H and O–H groups in total. The highest BCUT2D eigenvalue weighted by molar-refractivity contribution is 7.49. The molecule has 8 nitrogen and oxygen atoms in total. The summed E-state index contributed by atoms with van der Waals surface area (Å²) < 4.78 is 27.7. The van der Waals surface area contributed by atoms with Crippen LogP contribution in [-0.2, 0) is 9.30 Å². The van der Waals surface area contributed by atoms with E-state index >= 15 is 0 Å². The van der Waals surface area contributed by atoms with Gasteiger partial charge in [0.25, 0.3) is 0 Å². The average Bonchev–Trinajstić information content (AvgIpc) is 2.21. The first kappa shape index (κ1) is 14.9. The Labute approximate surface area is 95.4 Å². The SMILES string of the molecule is O=P([O-])([O-])[C@H](F)C[C@H]1O[C@H](O)[C@H](O)[C@@H](O)[C@@H]1O. The molecule has 10 heteroatoms. The molecule has 0 unspecified atom stereocenters. The molecule has 102 valence electrons. The van der Waals surface area contributed by atoms with Crippen LogP contribution in [0.5, 0.6) is 0 Å². The minimum atomic E-state index is -5.49. The van der Waals surface area contributed by atoms with E-state index < -0.39 is 50.6 Å². The zero-order valence-corrected chi connectivity index (χ0v) is 9.31. The van der Waals surface area contributed by atoms with Gasteiger partial charge in [-0.15, -0.1) is 0 Å². The van der Waals surface area contributed by atoms with Crippen LogP contribution in [0, 0.1) is 0 Å². The van der Waals surface area contributed by atoms with Gasteiger partial charge in [-0.3, -0.25) is 0 Å². The highest BCUT2D eigenvalue weighted by atomic mass is 31.2. The average molecular weight is 274 g/mol. The normalized spacial score (nSPS) is 41.2. The van der Waals surface area contributed by atoms with Crippen LogP contribution in [-0.4, -0.2) is 57.0 Å². The molecule has 0 radical (unpaired) electrons. The summed E-state index contributed by atoms with van der Waals surface area (Å²) >= 11 is 0. The second-order valence-electron chi connectivity index (χ2n) is 3.75. The molecule has 0 aromatic heterocycles. The van der Waals surface area contributed by atoms with Crippen molar-refractivity contribution in [3.8, 4) is 0 Å². The lowest BCUT2D eigenvalue weighted by atomic mass is 9.97. The van der Waals surface area contributed by atoms with Gasteiger partial charge in [-0.2, -0.15) is 0 Å². The second kappa shape index (κ2) is 5.25. The van der Waals surface area contributed by atoms with Crippen molar-refractivity contribution in [1.29, 1.82) is 0 Å². The standard InChI is InChI=1S/C7H14FO8P/c8-3(17(13,14)15)1-2-4(9)5(10)6(11)7(12)16-2/h2-7,9-12H,1H2,(H2,13,14,15)/p-2/t2-,3+,4-,5+,6-,7+/m1/s1. The number of rotatable bonds is 3. The highest BCUT2D eigenvalue weighted by Crippen LogP contribution is 2.37. The number of hydrogen-bond donors (Lipinski definition) is 4. The predicted molar refractivity (Wildman–Crippen MR) is 46.0 cm³/mol. The Kier molecular flexibility index (Phi) is 4.61. The van der Waals surface area contributed by atoms with Gasteiger partial charge in [0, 0.05) is 6.42 Å². The molecule has 1 heterocycles. The summed E-state index contributed by atoms with van der Waals surface area (Å²) in [4.78, 5) is 20.6. The lowest BCUT2D eigenvalue weighted by Gasteiger charge is -2.41. The van der Waals surface area contributed by atoms with Crippen LogP contribution in [0.15, 0.2) is 0 Å². The van der Waals surface area contributed by atoms with Crippen LogP contribution in [0.1, 0.15) is 6.42 Å². The van der Waals surface area contributed by atoms with Crippen molar-refractivity contribution in [2.45, 2.75) is 43.0 Å². The van der Waals surface area contributed by atoms with Gasteiger partial charge in [0.15, 0.2) is 6.29 Å². The second-order valence-corrected chi connectivity index (χ2v) is 5.39. The van der Waals surface area contributed by atoms with E-state index in [1.54, 1.807) is 0 Å². The third kappa shape index (κ3) is 3.43. The fraction of sp³-hybridized carbons (Fsp3) is 1.00. The molecule has 0 aliphatic carbocycles. The quantitative estimate of drug-likeness (QED) is 0.385. The Morgan fingerprint density at radius 2 is 1.71 bits per heavy atom. The van der Waals surface area contributed by atoms with Crippen LogP contribution in [0.2, 0.25) is 0 Å². The number of halogens is 1. The van der Waals surface area contributed by atoms with Crippen LogP contribution in [0.3, 0.4) is 0 Å². The molecular weight excluding hydrogens is 262 g/mol. The summed E-state index contributed by atoms with van der Waals surface area (Å²) in [6, 6.07) is 0. The van der Waals surface area contributed by atoms with Crippen molar-refractivity contribution in [3.63, 3.8) is 0 Å². The van der Waals surface area contributed by atoms with E-state index in [2.05, 4.69) is 4.74 Å². The monoisotopic (exact) mass is 274 g/mol. The molecule has 0 aromatic rings. The Morgan fingerprint density at radius 1 is 1.18 bits per heavy atom. The van der Waals surface area contributed by atoms with Crippen molar-refractivity contribution < 1.29 is 43.9 Å². The molecule has 0 spiro atoms. The molecule has 17 heavy (non-hydrogen) atoms. The lowest BCUT2D eigenvalue weighted by molar-refractivity contribution is -0.323. The molecule has 1 saturated heterocycles. The molecule has 0 amide bonds. The fourth-order valence-electron chi connectivity index (χ4n) is 1.45. The molecule has 1 aliphatic rings. The summed E-state index contributed by atoms with van der Waals surface area (Å²) in [5.74, 6) is -2.81. The number of aliphatic hydroxyl groups is 4. The van der Waals surface area contributed by atoms with Crippen LogP contribution < -0.4 is 9.79 Å². The fourth-order valence-corrected chi connectivity index (χ4v) is 1.91. The number of aliphatic hydroxyl groups excluding tert-OH is 4. The van der Waals surface area contributed by atoms with Crippen molar-refractivity contribution in [3.05, 3.63) is 0 Å². The molecular formula is C7H12FO8P-2. The van der Waals surface area contributed by atoms with Gasteiger partial charge in [-0.05, 0) is 7.60 Å². The van der Waals surface area contributed by atoms with Crippen molar-refractivity contribution in [1.82, 2.24) is 0 Å². The largest absolute Gasteiger partial charge is 0.809 e. The summed E-state index contributed by atoms with van der Waals surface area (Å²) in [6.07, 6.45) is -9.97. The predicted octanol–water partition coefficient (Wildman–Crippen LogP) is -3.61. The molecule has 6 atom stereocenters. The third-order valence-corrected chi connectivity index (χ3v) is 3.35. The number of ether oxygens (including phenoxy) is 1. The first-order valence-electron chi connectivity index (χ1n) is 4.68. The minimum absolute atomic E-state index is 1.04. The minimum Gasteiger partial charge on any atom is -0.809 e. The van der Waals surface area contributed by atoms with Gasteiger partial charge >= 0.3 is 0 Å². The van der Waals surface area contributed by atoms with Crippen LogP contribution >= 0.6 is 7.60 Å². The van der Waals surface area contributed by atoms with E-state index in [1.807, 2.05) is 0 Å². The third-order valence-electron chi connectivity index (χ3n) is 2.46. The highest BCUT2D eigenvalue weighted by Gasteiger charge is 2.43. The Hall–Kier alpha value is -0.120. The number of alkyl halides is 1. The Morgan fingerprint density at radius 3 is 2.18 bits per heavy atom. The van der Waals surface area contributed by atoms with Gasteiger partial charge in [-0.25, -0.2) is 4.39 Å². The van der Waals surface area contributed by atoms with Crippen LogP contribution in [0.25, 0.3) is 0 Å². The number of hydrogen-bond acceptors (Lipinski definition) is 8. The lowest BCUT2D eigenvalue weighted by Crippen LogP contribution is -2.58. The maximum Gasteiger partial charge on any atom is 0.183 e. The van der Waals surface area contributed by atoms with Gasteiger partial charge < -0.3 is 39.5 Å². The molecule has 1 fully saturated rings. The summed E-state index contributed by atoms with van der Waals surface area (Å²) in [5, 5.41) is 36.7. The van der Waals surface area contributed by atoms with E-state index in [0.717, 1.165) is 0 Å². The first-order valence-corrected chi connectivity index (χ1v) is 6.29. The zero-order chi connectivity index (χ0) is 13.4. The molecule has 1 rings (SSSR count). The Bertz CT molecular complexity index is 308. The Balaban J connectivity index is 2.69. The van der Waals surface area contributed by atoms with Gasteiger partial charge in [0.2, 0.25) is 0 Å². The smallest absolute Gasteiger partial charge is 0.183 e. The summed E-state index contributed by atoms with van der Waals surface area (Å²) in [5.41, 5.74) is 0. The van der Waals surface area contributed by atoms with E-state index in [0.29, 0.717) is 0 Å². The van der Waals surface area contributed by atoms with Crippen molar-refractivity contribution >= 4 is 7.60 Å². The van der Waals surface area contributed by atoms with Gasteiger partial charge in [0.05, 0.1) is 6.10 Å². The zero-order valence-electron chi connectivity index (χ0n) is 8.42. The van der Waals surface area contributed by atoms with E-state index in [9.17, 15) is 29.0 Å². The van der Waals surface area contributed by atoms with Crippen molar-refractivity contribution in [2.24, 2.45) is 0 Å². The van der Waals surface area contributed by atoms with Crippen LogP contribution in [0.4, 0.5) is 4.39 Å². The maximum atomic E-state index is 12.9. The van der Waals surface area contributed by atoms with Crippen molar-refractivity contribution in [2.75, 3.05) is 0 Å². The van der Waals surface area contributed by atoms with Gasteiger partial charge in [-0.1, -0.05) is 0 Å². The van der Waals surface area contributed by atoms with E-state index in [4.69, 9.17) is 10.2 Å². The molecule has 0 aromatic carbocycles. The maximum absolute atomic E-state index is 12.9. The summed E-state index contributed by atoms with van der Waals surface area (Å²) in [6.45, 7) is 0. The van der Waals surface area contributed by atoms with Gasteiger partial charge in [0.1, 0.15) is 24.2 Å². The molecule has 0 bridgehead atoms. The topological polar surface area (TPSA) is 153 Å². The summed E-state index contributed by atoms with van der Waals surface area (Å²) in [7, 11) is -5.49. The molecule has 0 saturated carbocycles. The van der Waals surface area contributed by atoms with E-state index in [1.165, 1.54) is 0 Å². The van der Waals surface area contributed by atoms with E-state index in [-0.39, 0.29) is 0 Å². The molecule has 1 aliphatic heterocycles.